The zero-order valence-corrected chi connectivity index (χ0v) is 12.5. The second kappa shape index (κ2) is 7.25. The fraction of sp³-hybridized carbons (Fsp3) is 0.933. The zero-order chi connectivity index (χ0) is 13.6. The second-order valence-electron chi connectivity index (χ2n) is 5.19. The molecular formula is C15H29NO2. The van der Waals surface area contributed by atoms with E-state index < -0.39 is 0 Å². The number of nitrogens with zero attached hydrogens (tertiary/aromatic N) is 1. The Labute approximate surface area is 112 Å². The standard InChI is InChI=1S/C15H29NO2/c1-5-15(6-2,16(7-3)8-4)14(17)13-10-9-11-18-12-13/h13H,5-12H2,1-4H3. The summed E-state index contributed by atoms with van der Waals surface area (Å²) in [6.45, 7) is 11.9. The van der Waals surface area contributed by atoms with E-state index >= 15 is 0 Å². The smallest absolute Gasteiger partial charge is 0.158 e. The van der Waals surface area contributed by atoms with Crippen molar-refractivity contribution in [3.05, 3.63) is 0 Å². The van der Waals surface area contributed by atoms with Gasteiger partial charge in [-0.3, -0.25) is 9.69 Å². The number of hydrogen-bond acceptors (Lipinski definition) is 3. The minimum Gasteiger partial charge on any atom is -0.381 e. The molecule has 1 unspecified atom stereocenters. The highest BCUT2D eigenvalue weighted by Gasteiger charge is 2.42. The molecule has 1 aliphatic heterocycles. The van der Waals surface area contributed by atoms with Gasteiger partial charge in [-0.2, -0.15) is 0 Å². The average Bonchev–Trinajstić information content (AvgIpc) is 2.45. The minimum atomic E-state index is -0.269. The van der Waals surface area contributed by atoms with Crippen LogP contribution in [0.2, 0.25) is 0 Å². The van der Waals surface area contributed by atoms with Gasteiger partial charge in [0.05, 0.1) is 12.1 Å². The van der Waals surface area contributed by atoms with Gasteiger partial charge in [-0.05, 0) is 38.8 Å². The monoisotopic (exact) mass is 255 g/mol. The molecule has 0 aromatic carbocycles. The summed E-state index contributed by atoms with van der Waals surface area (Å²) in [7, 11) is 0. The van der Waals surface area contributed by atoms with Crippen molar-refractivity contribution in [2.75, 3.05) is 26.3 Å². The third-order valence-electron chi connectivity index (χ3n) is 4.53. The molecule has 106 valence electrons. The van der Waals surface area contributed by atoms with Crippen molar-refractivity contribution in [2.45, 2.75) is 58.9 Å². The maximum atomic E-state index is 12.9. The molecule has 3 heteroatoms. The first kappa shape index (κ1) is 15.6. The van der Waals surface area contributed by atoms with Gasteiger partial charge in [-0.15, -0.1) is 0 Å². The number of ketones is 1. The first-order valence-electron chi connectivity index (χ1n) is 7.53. The molecular weight excluding hydrogens is 226 g/mol. The first-order chi connectivity index (χ1) is 8.66. The molecule has 1 atom stereocenters. The molecule has 0 amide bonds. The van der Waals surface area contributed by atoms with E-state index in [-0.39, 0.29) is 11.5 Å². The lowest BCUT2D eigenvalue weighted by Gasteiger charge is -2.43. The van der Waals surface area contributed by atoms with Gasteiger partial charge in [0.2, 0.25) is 0 Å². The van der Waals surface area contributed by atoms with Crippen LogP contribution in [0.1, 0.15) is 53.4 Å². The number of Topliss-reactive ketones (excluding diaryl/α,β-unsaturated/α-hetero) is 1. The van der Waals surface area contributed by atoms with Crippen LogP contribution in [0.5, 0.6) is 0 Å². The third kappa shape index (κ3) is 2.94. The number of likely N-dealkylation sites (N-methyl/N-ethyl adjacent to an activating group) is 1. The molecule has 0 saturated carbocycles. The van der Waals surface area contributed by atoms with Gasteiger partial charge >= 0.3 is 0 Å². The quantitative estimate of drug-likeness (QED) is 0.700. The van der Waals surface area contributed by atoms with Gasteiger partial charge < -0.3 is 4.74 Å². The van der Waals surface area contributed by atoms with E-state index in [9.17, 15) is 4.79 Å². The van der Waals surface area contributed by atoms with E-state index in [1.807, 2.05) is 0 Å². The van der Waals surface area contributed by atoms with Gasteiger partial charge in [0.25, 0.3) is 0 Å². The van der Waals surface area contributed by atoms with Crippen molar-refractivity contribution in [1.82, 2.24) is 4.90 Å². The highest BCUT2D eigenvalue weighted by Crippen LogP contribution is 2.31. The van der Waals surface area contributed by atoms with E-state index in [4.69, 9.17) is 4.74 Å². The van der Waals surface area contributed by atoms with Crippen molar-refractivity contribution in [2.24, 2.45) is 5.92 Å². The molecule has 1 rings (SSSR count). The second-order valence-corrected chi connectivity index (χ2v) is 5.19. The number of ether oxygens (including phenoxy) is 1. The Balaban J connectivity index is 2.90. The Morgan fingerprint density at radius 2 is 1.83 bits per heavy atom. The summed E-state index contributed by atoms with van der Waals surface area (Å²) in [5, 5.41) is 0. The van der Waals surface area contributed by atoms with E-state index in [2.05, 4.69) is 32.6 Å². The molecule has 0 N–H and O–H groups in total. The summed E-state index contributed by atoms with van der Waals surface area (Å²) in [6.07, 6.45) is 3.83. The summed E-state index contributed by atoms with van der Waals surface area (Å²) in [6, 6.07) is 0. The summed E-state index contributed by atoms with van der Waals surface area (Å²) < 4.78 is 5.50. The molecule has 3 nitrogen and oxygen atoms in total. The average molecular weight is 255 g/mol. The van der Waals surface area contributed by atoms with Crippen LogP contribution in [0.15, 0.2) is 0 Å². The van der Waals surface area contributed by atoms with Crippen molar-refractivity contribution < 1.29 is 9.53 Å². The molecule has 0 spiro atoms. The lowest BCUT2D eigenvalue weighted by atomic mass is 9.78. The fourth-order valence-electron chi connectivity index (χ4n) is 3.36. The molecule has 1 saturated heterocycles. The zero-order valence-electron chi connectivity index (χ0n) is 12.5. The van der Waals surface area contributed by atoms with Crippen LogP contribution in [0.25, 0.3) is 0 Å². The maximum Gasteiger partial charge on any atom is 0.158 e. The number of hydrogen-bond donors (Lipinski definition) is 0. The van der Waals surface area contributed by atoms with Crippen molar-refractivity contribution in [3.8, 4) is 0 Å². The lowest BCUT2D eigenvalue weighted by Crippen LogP contribution is -2.56. The van der Waals surface area contributed by atoms with E-state index in [0.29, 0.717) is 12.4 Å². The van der Waals surface area contributed by atoms with Gasteiger partial charge in [0, 0.05) is 12.5 Å². The minimum absolute atomic E-state index is 0.110. The van der Waals surface area contributed by atoms with Gasteiger partial charge in [-0.25, -0.2) is 0 Å². The summed E-state index contributed by atoms with van der Waals surface area (Å²) in [5.41, 5.74) is -0.269. The molecule has 0 aliphatic carbocycles. The lowest BCUT2D eigenvalue weighted by molar-refractivity contribution is -0.140. The molecule has 0 aromatic heterocycles. The molecule has 0 bridgehead atoms. The fourth-order valence-corrected chi connectivity index (χ4v) is 3.36. The summed E-state index contributed by atoms with van der Waals surface area (Å²) in [4.78, 5) is 15.3. The summed E-state index contributed by atoms with van der Waals surface area (Å²) in [5.74, 6) is 0.523. The van der Waals surface area contributed by atoms with E-state index in [0.717, 1.165) is 45.4 Å². The van der Waals surface area contributed by atoms with Crippen LogP contribution in [-0.2, 0) is 9.53 Å². The normalized spacial score (nSPS) is 21.3. The molecule has 1 heterocycles. The molecule has 0 aromatic rings. The van der Waals surface area contributed by atoms with Crippen molar-refractivity contribution >= 4 is 5.78 Å². The van der Waals surface area contributed by atoms with Crippen LogP contribution in [0.4, 0.5) is 0 Å². The van der Waals surface area contributed by atoms with Gasteiger partial charge in [0.15, 0.2) is 5.78 Å². The highest BCUT2D eigenvalue weighted by molar-refractivity contribution is 5.90. The Hall–Kier alpha value is -0.410. The van der Waals surface area contributed by atoms with Crippen LogP contribution in [-0.4, -0.2) is 42.5 Å². The topological polar surface area (TPSA) is 29.5 Å². The van der Waals surface area contributed by atoms with E-state index in [1.165, 1.54) is 0 Å². The highest BCUT2D eigenvalue weighted by atomic mass is 16.5. The number of carbonyl (C=O) groups is 1. The number of carbonyl (C=O) groups excluding carboxylic acids is 1. The summed E-state index contributed by atoms with van der Waals surface area (Å²) >= 11 is 0. The Morgan fingerprint density at radius 1 is 1.22 bits per heavy atom. The predicted octanol–water partition coefficient (Wildman–Crippen LogP) is 2.88. The Bertz CT molecular complexity index is 251. The third-order valence-corrected chi connectivity index (χ3v) is 4.53. The first-order valence-corrected chi connectivity index (χ1v) is 7.53. The van der Waals surface area contributed by atoms with E-state index in [1.54, 1.807) is 0 Å². The molecule has 1 fully saturated rings. The largest absolute Gasteiger partial charge is 0.381 e. The van der Waals surface area contributed by atoms with Gasteiger partial charge in [-0.1, -0.05) is 27.7 Å². The van der Waals surface area contributed by atoms with Gasteiger partial charge in [0.1, 0.15) is 0 Å². The van der Waals surface area contributed by atoms with Crippen LogP contribution < -0.4 is 0 Å². The van der Waals surface area contributed by atoms with Crippen LogP contribution in [0.3, 0.4) is 0 Å². The van der Waals surface area contributed by atoms with Crippen LogP contribution >= 0.6 is 0 Å². The Morgan fingerprint density at radius 3 is 2.22 bits per heavy atom. The van der Waals surface area contributed by atoms with Crippen molar-refractivity contribution in [3.63, 3.8) is 0 Å². The predicted molar refractivity (Wildman–Crippen MR) is 74.8 cm³/mol. The Kier molecular flexibility index (Phi) is 6.30. The molecule has 1 aliphatic rings. The molecule has 18 heavy (non-hydrogen) atoms. The van der Waals surface area contributed by atoms with Crippen molar-refractivity contribution in [1.29, 1.82) is 0 Å². The van der Waals surface area contributed by atoms with Crippen LogP contribution in [0, 0.1) is 5.92 Å². The number of rotatable bonds is 7. The molecule has 0 radical (unpaired) electrons. The SMILES string of the molecule is CCN(CC)C(CC)(CC)C(=O)C1CCCOC1. The maximum absolute atomic E-state index is 12.9.